The molecule has 0 N–H and O–H groups in total. The van der Waals surface area contributed by atoms with E-state index in [0.717, 1.165) is 6.08 Å². The Balaban J connectivity index is 2.56. The molecule has 1 aliphatic carbocycles. The molecule has 0 bridgehead atoms. The van der Waals surface area contributed by atoms with Gasteiger partial charge in [-0.3, -0.25) is 9.59 Å². The Kier molecular flexibility index (Phi) is 2.40. The number of carbonyl (C=O) groups excluding carboxylic acids is 3. The molecule has 0 spiro atoms. The molecule has 1 aliphatic rings. The van der Waals surface area contributed by atoms with Gasteiger partial charge in [-0.25, -0.2) is 4.79 Å². The molecular formula is C12H8O4. The van der Waals surface area contributed by atoms with E-state index in [1.54, 1.807) is 18.2 Å². The number of methoxy groups -OCH3 is 1. The zero-order valence-corrected chi connectivity index (χ0v) is 8.52. The van der Waals surface area contributed by atoms with E-state index in [2.05, 4.69) is 4.74 Å². The summed E-state index contributed by atoms with van der Waals surface area (Å²) in [5, 5.41) is 0. The van der Waals surface area contributed by atoms with E-state index in [-0.39, 0.29) is 16.9 Å². The second-order valence-electron chi connectivity index (χ2n) is 3.29. The van der Waals surface area contributed by atoms with Crippen LogP contribution >= 0.6 is 0 Å². The number of hydrogen-bond acceptors (Lipinski definition) is 4. The minimum atomic E-state index is -0.784. The van der Waals surface area contributed by atoms with Crippen LogP contribution in [0.5, 0.6) is 0 Å². The quantitative estimate of drug-likeness (QED) is 0.522. The van der Waals surface area contributed by atoms with Crippen molar-refractivity contribution in [3.8, 4) is 0 Å². The number of esters is 1. The molecule has 16 heavy (non-hydrogen) atoms. The summed E-state index contributed by atoms with van der Waals surface area (Å²) in [6.45, 7) is 0. The van der Waals surface area contributed by atoms with Crippen molar-refractivity contribution >= 4 is 17.5 Å². The van der Waals surface area contributed by atoms with Gasteiger partial charge in [-0.1, -0.05) is 24.3 Å². The van der Waals surface area contributed by atoms with Crippen LogP contribution in [-0.2, 0) is 9.53 Å². The average Bonchev–Trinajstić information content (AvgIpc) is 2.33. The summed E-state index contributed by atoms with van der Waals surface area (Å²) in [7, 11) is 1.17. The number of fused-ring (bicyclic) bond motifs is 1. The Morgan fingerprint density at radius 2 is 1.75 bits per heavy atom. The second-order valence-corrected chi connectivity index (χ2v) is 3.29. The van der Waals surface area contributed by atoms with Gasteiger partial charge in [-0.15, -0.1) is 0 Å². The Labute approximate surface area is 91.5 Å². The van der Waals surface area contributed by atoms with Gasteiger partial charge in [0.15, 0.2) is 5.78 Å². The molecular weight excluding hydrogens is 208 g/mol. The number of hydrogen-bond donors (Lipinski definition) is 0. The van der Waals surface area contributed by atoms with Crippen LogP contribution in [-0.4, -0.2) is 24.6 Å². The number of carbonyl (C=O) groups is 3. The summed E-state index contributed by atoms with van der Waals surface area (Å²) in [6.07, 6.45) is 1.02. The normalized spacial score (nSPS) is 14.2. The number of Topliss-reactive ketones (excluding diaryl/α,β-unsaturated/α-hetero) is 1. The molecule has 0 radical (unpaired) electrons. The maximum absolute atomic E-state index is 11.8. The summed E-state index contributed by atoms with van der Waals surface area (Å²) < 4.78 is 4.44. The van der Waals surface area contributed by atoms with Crippen LogP contribution in [0.1, 0.15) is 20.7 Å². The molecule has 1 aromatic carbocycles. The third-order valence-corrected chi connectivity index (χ3v) is 2.36. The van der Waals surface area contributed by atoms with Crippen molar-refractivity contribution in [2.45, 2.75) is 0 Å². The van der Waals surface area contributed by atoms with Crippen molar-refractivity contribution in [1.82, 2.24) is 0 Å². The number of rotatable bonds is 1. The van der Waals surface area contributed by atoms with E-state index in [1.807, 2.05) is 0 Å². The smallest absolute Gasteiger partial charge is 0.342 e. The van der Waals surface area contributed by atoms with Gasteiger partial charge in [0.05, 0.1) is 7.11 Å². The van der Waals surface area contributed by atoms with Crippen LogP contribution in [0.4, 0.5) is 0 Å². The van der Waals surface area contributed by atoms with Crippen LogP contribution in [0.3, 0.4) is 0 Å². The first-order valence-corrected chi connectivity index (χ1v) is 4.63. The molecule has 0 atom stereocenters. The molecule has 0 aromatic heterocycles. The van der Waals surface area contributed by atoms with Gasteiger partial charge < -0.3 is 4.74 Å². The standard InChI is InChI=1S/C12H8O4/c1-16-12(15)9-6-10(13)7-4-2-3-5-8(7)11(9)14/h2-6H,1H3. The van der Waals surface area contributed by atoms with E-state index >= 15 is 0 Å². The lowest BCUT2D eigenvalue weighted by Gasteiger charge is -2.12. The maximum atomic E-state index is 11.8. The summed E-state index contributed by atoms with van der Waals surface area (Å²) in [4.78, 5) is 34.7. The predicted octanol–water partition coefficient (Wildman–Crippen LogP) is 1.16. The number of allylic oxidation sites excluding steroid dienone is 1. The van der Waals surface area contributed by atoms with Gasteiger partial charge in [0.2, 0.25) is 5.78 Å². The summed E-state index contributed by atoms with van der Waals surface area (Å²) in [5.74, 6) is -1.61. The van der Waals surface area contributed by atoms with Gasteiger partial charge in [0.25, 0.3) is 0 Å². The summed E-state index contributed by atoms with van der Waals surface area (Å²) in [6, 6.07) is 6.39. The minimum Gasteiger partial charge on any atom is -0.465 e. The van der Waals surface area contributed by atoms with Crippen LogP contribution < -0.4 is 0 Å². The third kappa shape index (κ3) is 1.44. The first-order chi connectivity index (χ1) is 7.65. The Morgan fingerprint density at radius 1 is 1.12 bits per heavy atom. The number of ketones is 2. The van der Waals surface area contributed by atoms with Crippen molar-refractivity contribution in [3.63, 3.8) is 0 Å². The van der Waals surface area contributed by atoms with E-state index in [0.29, 0.717) is 5.56 Å². The molecule has 2 rings (SSSR count). The molecule has 80 valence electrons. The first-order valence-electron chi connectivity index (χ1n) is 4.63. The zero-order chi connectivity index (χ0) is 11.7. The molecule has 0 saturated heterocycles. The van der Waals surface area contributed by atoms with Gasteiger partial charge in [0.1, 0.15) is 5.57 Å². The lowest BCUT2D eigenvalue weighted by atomic mass is 9.90. The van der Waals surface area contributed by atoms with Crippen molar-refractivity contribution in [3.05, 3.63) is 47.0 Å². The van der Waals surface area contributed by atoms with Gasteiger partial charge in [0, 0.05) is 17.2 Å². The van der Waals surface area contributed by atoms with Crippen LogP contribution in [0.15, 0.2) is 35.9 Å². The van der Waals surface area contributed by atoms with Crippen LogP contribution in [0.25, 0.3) is 0 Å². The van der Waals surface area contributed by atoms with Gasteiger partial charge in [-0.2, -0.15) is 0 Å². The minimum absolute atomic E-state index is 0.216. The topological polar surface area (TPSA) is 60.4 Å². The monoisotopic (exact) mass is 216 g/mol. The summed E-state index contributed by atoms with van der Waals surface area (Å²) in [5.41, 5.74) is 0.349. The van der Waals surface area contributed by atoms with Crippen LogP contribution in [0, 0.1) is 0 Å². The van der Waals surface area contributed by atoms with Crippen molar-refractivity contribution in [1.29, 1.82) is 0 Å². The van der Waals surface area contributed by atoms with Crippen molar-refractivity contribution in [2.24, 2.45) is 0 Å². The highest BCUT2D eigenvalue weighted by Gasteiger charge is 2.29. The van der Waals surface area contributed by atoms with E-state index in [4.69, 9.17) is 0 Å². The van der Waals surface area contributed by atoms with Crippen molar-refractivity contribution in [2.75, 3.05) is 7.11 Å². The third-order valence-electron chi connectivity index (χ3n) is 2.36. The molecule has 4 heteroatoms. The maximum Gasteiger partial charge on any atom is 0.342 e. The van der Waals surface area contributed by atoms with Gasteiger partial charge in [-0.05, 0) is 0 Å². The predicted molar refractivity (Wildman–Crippen MR) is 55.2 cm³/mol. The van der Waals surface area contributed by atoms with E-state index in [1.165, 1.54) is 13.2 Å². The number of benzene rings is 1. The molecule has 1 aromatic rings. The molecule has 0 amide bonds. The highest BCUT2D eigenvalue weighted by atomic mass is 16.5. The Bertz CT molecular complexity index is 526. The Morgan fingerprint density at radius 3 is 2.38 bits per heavy atom. The fraction of sp³-hybridized carbons (Fsp3) is 0.0833. The van der Waals surface area contributed by atoms with Crippen LogP contribution in [0.2, 0.25) is 0 Å². The number of ether oxygens (including phenoxy) is 1. The van der Waals surface area contributed by atoms with E-state index < -0.39 is 11.8 Å². The fourth-order valence-corrected chi connectivity index (χ4v) is 1.58. The molecule has 0 unspecified atom stereocenters. The fourth-order valence-electron chi connectivity index (χ4n) is 1.58. The van der Waals surface area contributed by atoms with E-state index in [9.17, 15) is 14.4 Å². The lowest BCUT2D eigenvalue weighted by Crippen LogP contribution is -2.22. The highest BCUT2D eigenvalue weighted by molar-refractivity contribution is 6.33. The zero-order valence-electron chi connectivity index (χ0n) is 8.52. The largest absolute Gasteiger partial charge is 0.465 e. The molecule has 0 fully saturated rings. The van der Waals surface area contributed by atoms with Gasteiger partial charge >= 0.3 is 5.97 Å². The molecule has 0 aliphatic heterocycles. The molecule has 4 nitrogen and oxygen atoms in total. The molecule has 0 heterocycles. The Hall–Kier alpha value is -2.23. The van der Waals surface area contributed by atoms with Crippen molar-refractivity contribution < 1.29 is 19.1 Å². The lowest BCUT2D eigenvalue weighted by molar-refractivity contribution is -0.135. The molecule has 0 saturated carbocycles. The second kappa shape index (κ2) is 3.73. The summed E-state index contributed by atoms with van der Waals surface area (Å²) >= 11 is 0. The highest BCUT2D eigenvalue weighted by Crippen LogP contribution is 2.21. The SMILES string of the molecule is COC(=O)C1=CC(=O)c2ccccc2C1=O. The first kappa shape index (κ1) is 10.3. The average molecular weight is 216 g/mol.